The molecule has 0 aliphatic carbocycles. The zero-order valence-electron chi connectivity index (χ0n) is 14.2. The molecule has 1 heterocycles. The molecule has 1 N–H and O–H groups in total. The summed E-state index contributed by atoms with van der Waals surface area (Å²) in [6.07, 6.45) is 0.533. The maximum absolute atomic E-state index is 12.3. The molecule has 24 heavy (non-hydrogen) atoms. The third-order valence-electron chi connectivity index (χ3n) is 4.02. The van der Waals surface area contributed by atoms with Gasteiger partial charge in [0.1, 0.15) is 6.04 Å². The molecule has 0 unspecified atom stereocenters. The quantitative estimate of drug-likeness (QED) is 0.365. The standard InChI is InChI=1S/C15H23NO8/c1-8(10(13(18)21-2)14(19)22-3)11(15(20)23-4)16-12(17)9-5-6-24-7-9/h8-11H,5-7H2,1-4H3,(H,16,17)/t8-,9+,11-/m0/s1. The summed E-state index contributed by atoms with van der Waals surface area (Å²) in [5.41, 5.74) is 0. The number of hydrogen-bond donors (Lipinski definition) is 1. The summed E-state index contributed by atoms with van der Waals surface area (Å²) < 4.78 is 19.0. The molecule has 0 aromatic carbocycles. The molecule has 136 valence electrons. The third-order valence-corrected chi connectivity index (χ3v) is 4.02. The average molecular weight is 345 g/mol. The van der Waals surface area contributed by atoms with Crippen LogP contribution in [0.5, 0.6) is 0 Å². The van der Waals surface area contributed by atoms with Crippen LogP contribution in [0, 0.1) is 17.8 Å². The van der Waals surface area contributed by atoms with Gasteiger partial charge in [-0.05, 0) is 6.42 Å². The largest absolute Gasteiger partial charge is 0.468 e. The van der Waals surface area contributed by atoms with Crippen molar-refractivity contribution >= 4 is 23.8 Å². The van der Waals surface area contributed by atoms with Gasteiger partial charge in [-0.1, -0.05) is 6.92 Å². The fourth-order valence-corrected chi connectivity index (χ4v) is 2.52. The van der Waals surface area contributed by atoms with E-state index in [1.807, 2.05) is 0 Å². The normalized spacial score (nSPS) is 19.3. The van der Waals surface area contributed by atoms with E-state index in [1.165, 1.54) is 6.92 Å². The van der Waals surface area contributed by atoms with Crippen molar-refractivity contribution in [3.8, 4) is 0 Å². The molecule has 1 fully saturated rings. The van der Waals surface area contributed by atoms with Crippen molar-refractivity contribution in [2.24, 2.45) is 17.8 Å². The van der Waals surface area contributed by atoms with Gasteiger partial charge in [0, 0.05) is 12.5 Å². The van der Waals surface area contributed by atoms with Crippen molar-refractivity contribution in [3.63, 3.8) is 0 Å². The van der Waals surface area contributed by atoms with Crippen LogP contribution in [0.15, 0.2) is 0 Å². The molecule has 9 nitrogen and oxygen atoms in total. The van der Waals surface area contributed by atoms with Gasteiger partial charge in [0.2, 0.25) is 5.91 Å². The van der Waals surface area contributed by atoms with Crippen LogP contribution in [0.2, 0.25) is 0 Å². The number of rotatable bonds is 7. The van der Waals surface area contributed by atoms with E-state index in [0.29, 0.717) is 13.0 Å². The highest BCUT2D eigenvalue weighted by atomic mass is 16.5. The first-order chi connectivity index (χ1) is 11.4. The predicted octanol–water partition coefficient (Wildman–Crippen LogP) is -0.721. The molecule has 3 atom stereocenters. The van der Waals surface area contributed by atoms with E-state index in [2.05, 4.69) is 19.5 Å². The Morgan fingerprint density at radius 2 is 1.54 bits per heavy atom. The highest BCUT2D eigenvalue weighted by Gasteiger charge is 2.43. The zero-order chi connectivity index (χ0) is 18.3. The van der Waals surface area contributed by atoms with Gasteiger partial charge in [-0.2, -0.15) is 0 Å². The Morgan fingerprint density at radius 3 is 1.96 bits per heavy atom. The van der Waals surface area contributed by atoms with Crippen molar-refractivity contribution in [2.45, 2.75) is 19.4 Å². The molecule has 0 aromatic heterocycles. The van der Waals surface area contributed by atoms with E-state index in [9.17, 15) is 19.2 Å². The Balaban J connectivity index is 2.98. The monoisotopic (exact) mass is 345 g/mol. The van der Waals surface area contributed by atoms with Gasteiger partial charge in [0.25, 0.3) is 0 Å². The molecular weight excluding hydrogens is 322 g/mol. The van der Waals surface area contributed by atoms with Crippen LogP contribution in [-0.2, 0) is 38.1 Å². The Hall–Kier alpha value is -2.16. The second-order valence-corrected chi connectivity index (χ2v) is 5.45. The number of methoxy groups -OCH3 is 3. The predicted molar refractivity (Wildman–Crippen MR) is 79.6 cm³/mol. The number of carbonyl (C=O) groups excluding carboxylic acids is 4. The fraction of sp³-hybridized carbons (Fsp3) is 0.733. The Labute approximate surface area is 139 Å². The van der Waals surface area contributed by atoms with Crippen LogP contribution in [0.3, 0.4) is 0 Å². The van der Waals surface area contributed by atoms with Crippen molar-refractivity contribution in [1.82, 2.24) is 5.32 Å². The second kappa shape index (κ2) is 9.21. The van der Waals surface area contributed by atoms with E-state index in [-0.39, 0.29) is 12.5 Å². The van der Waals surface area contributed by atoms with E-state index in [4.69, 9.17) is 4.74 Å². The first-order valence-electron chi connectivity index (χ1n) is 7.48. The molecule has 9 heteroatoms. The first-order valence-corrected chi connectivity index (χ1v) is 7.48. The Bertz CT molecular complexity index is 470. The highest BCUT2D eigenvalue weighted by Crippen LogP contribution is 2.21. The van der Waals surface area contributed by atoms with Crippen LogP contribution in [-0.4, -0.2) is 64.4 Å². The van der Waals surface area contributed by atoms with Gasteiger partial charge >= 0.3 is 17.9 Å². The summed E-state index contributed by atoms with van der Waals surface area (Å²) in [5.74, 6) is -5.58. The third kappa shape index (κ3) is 4.67. The minimum atomic E-state index is -1.37. The second-order valence-electron chi connectivity index (χ2n) is 5.45. The summed E-state index contributed by atoms with van der Waals surface area (Å²) in [5, 5.41) is 2.54. The fourth-order valence-electron chi connectivity index (χ4n) is 2.52. The number of carbonyl (C=O) groups is 4. The lowest BCUT2D eigenvalue weighted by Crippen LogP contribution is -2.52. The molecule has 0 bridgehead atoms. The summed E-state index contributed by atoms with van der Waals surface area (Å²) >= 11 is 0. The summed E-state index contributed by atoms with van der Waals surface area (Å²) in [4.78, 5) is 48.1. The number of hydrogen-bond acceptors (Lipinski definition) is 8. The molecule has 0 saturated carbocycles. The van der Waals surface area contributed by atoms with E-state index in [0.717, 1.165) is 21.3 Å². The Morgan fingerprint density at radius 1 is 1.00 bits per heavy atom. The van der Waals surface area contributed by atoms with Crippen LogP contribution in [0.1, 0.15) is 13.3 Å². The molecule has 1 rings (SSSR count). The molecule has 0 aromatic rings. The molecule has 0 spiro atoms. The van der Waals surface area contributed by atoms with Crippen molar-refractivity contribution in [3.05, 3.63) is 0 Å². The number of nitrogens with one attached hydrogen (secondary N) is 1. The maximum Gasteiger partial charge on any atom is 0.328 e. The van der Waals surface area contributed by atoms with Crippen LogP contribution in [0.4, 0.5) is 0 Å². The molecular formula is C15H23NO8. The first kappa shape index (κ1) is 19.9. The van der Waals surface area contributed by atoms with Gasteiger partial charge < -0.3 is 24.3 Å². The van der Waals surface area contributed by atoms with Crippen molar-refractivity contribution in [1.29, 1.82) is 0 Å². The number of esters is 3. The SMILES string of the molecule is COC(=O)C(C(=O)OC)[C@H](C)[C@H](NC(=O)[C@@H]1CCOC1)C(=O)OC. The number of amides is 1. The molecule has 1 saturated heterocycles. The minimum absolute atomic E-state index is 0.255. The van der Waals surface area contributed by atoms with Crippen LogP contribution >= 0.6 is 0 Å². The molecule has 0 radical (unpaired) electrons. The van der Waals surface area contributed by atoms with Gasteiger partial charge in [-0.25, -0.2) is 4.79 Å². The molecule has 1 amide bonds. The lowest BCUT2D eigenvalue weighted by Gasteiger charge is -2.27. The summed E-state index contributed by atoms with van der Waals surface area (Å²) in [7, 11) is 3.39. The van der Waals surface area contributed by atoms with Crippen LogP contribution < -0.4 is 5.32 Å². The molecule has 1 aliphatic heterocycles. The van der Waals surface area contributed by atoms with E-state index >= 15 is 0 Å². The van der Waals surface area contributed by atoms with E-state index < -0.39 is 41.7 Å². The van der Waals surface area contributed by atoms with E-state index in [1.54, 1.807) is 0 Å². The maximum atomic E-state index is 12.3. The van der Waals surface area contributed by atoms with Crippen molar-refractivity contribution in [2.75, 3.05) is 34.5 Å². The molecule has 1 aliphatic rings. The zero-order valence-corrected chi connectivity index (χ0v) is 14.2. The Kier molecular flexibility index (Phi) is 7.63. The van der Waals surface area contributed by atoms with Gasteiger partial charge in [0.05, 0.1) is 33.9 Å². The van der Waals surface area contributed by atoms with Crippen molar-refractivity contribution < 1.29 is 38.1 Å². The smallest absolute Gasteiger partial charge is 0.328 e. The number of ether oxygens (including phenoxy) is 4. The summed E-state index contributed by atoms with van der Waals surface area (Å²) in [6, 6.07) is -1.20. The van der Waals surface area contributed by atoms with Crippen LogP contribution in [0.25, 0.3) is 0 Å². The topological polar surface area (TPSA) is 117 Å². The highest BCUT2D eigenvalue weighted by molar-refractivity contribution is 5.96. The lowest BCUT2D eigenvalue weighted by molar-refractivity contribution is -0.163. The average Bonchev–Trinajstić information content (AvgIpc) is 3.12. The lowest BCUT2D eigenvalue weighted by atomic mass is 9.87. The summed E-state index contributed by atoms with van der Waals surface area (Å²) in [6.45, 7) is 2.18. The van der Waals surface area contributed by atoms with Gasteiger partial charge in [-0.3, -0.25) is 14.4 Å². The van der Waals surface area contributed by atoms with Gasteiger partial charge in [0.15, 0.2) is 5.92 Å². The van der Waals surface area contributed by atoms with Gasteiger partial charge in [-0.15, -0.1) is 0 Å². The minimum Gasteiger partial charge on any atom is -0.468 e.